The average Bonchev–Trinajstić information content (AvgIpc) is 3.29. The van der Waals surface area contributed by atoms with Crippen molar-refractivity contribution in [3.63, 3.8) is 0 Å². The Hall–Kier alpha value is -3.11. The minimum atomic E-state index is -0.284. The fourth-order valence-corrected chi connectivity index (χ4v) is 2.98. The van der Waals surface area contributed by atoms with E-state index in [1.807, 2.05) is 12.1 Å². The molecule has 0 saturated heterocycles. The molecule has 0 fully saturated rings. The number of nitrogens with zero attached hydrogens (tertiary/aromatic N) is 7. The highest BCUT2D eigenvalue weighted by molar-refractivity contribution is 6.30. The smallest absolute Gasteiger partial charge is 0.281 e. The molecule has 1 unspecified atom stereocenters. The Kier molecular flexibility index (Phi) is 4.88. The Morgan fingerprint density at radius 1 is 1.29 bits per heavy atom. The third kappa shape index (κ3) is 3.51. The molecule has 144 valence electrons. The topological polar surface area (TPSA) is 114 Å². The van der Waals surface area contributed by atoms with Crippen LogP contribution in [0.2, 0.25) is 5.02 Å². The van der Waals surface area contributed by atoms with Crippen molar-refractivity contribution in [1.29, 1.82) is 0 Å². The number of methoxy groups -OCH3 is 1. The molecule has 28 heavy (non-hydrogen) atoms. The van der Waals surface area contributed by atoms with Gasteiger partial charge in [-0.05, 0) is 17.7 Å². The molecule has 1 aromatic carbocycles. The third-order valence-electron chi connectivity index (χ3n) is 4.30. The van der Waals surface area contributed by atoms with Gasteiger partial charge in [0.2, 0.25) is 11.5 Å². The predicted octanol–water partition coefficient (Wildman–Crippen LogP) is 1.54. The van der Waals surface area contributed by atoms with Gasteiger partial charge in [0.15, 0.2) is 11.3 Å². The fraction of sp³-hybridized carbons (Fsp3) is 0.294. The van der Waals surface area contributed by atoms with Crippen LogP contribution in [0.25, 0.3) is 11.2 Å². The molecule has 0 amide bonds. The molecule has 0 aliphatic carbocycles. The number of aromatic nitrogens is 7. The van der Waals surface area contributed by atoms with E-state index in [1.165, 1.54) is 15.6 Å². The van der Waals surface area contributed by atoms with Gasteiger partial charge < -0.3 is 9.26 Å². The summed E-state index contributed by atoms with van der Waals surface area (Å²) in [6, 6.07) is 7.38. The monoisotopic (exact) mass is 401 g/mol. The molecular weight excluding hydrogens is 386 g/mol. The first-order chi connectivity index (χ1) is 13.5. The van der Waals surface area contributed by atoms with E-state index in [-0.39, 0.29) is 18.2 Å². The summed E-state index contributed by atoms with van der Waals surface area (Å²) in [6.45, 7) is 0.0958. The van der Waals surface area contributed by atoms with E-state index in [2.05, 4.69) is 25.4 Å². The van der Waals surface area contributed by atoms with E-state index in [1.54, 1.807) is 26.3 Å². The maximum atomic E-state index is 12.6. The Bertz CT molecular complexity index is 1170. The van der Waals surface area contributed by atoms with Crippen molar-refractivity contribution < 1.29 is 9.26 Å². The number of fused-ring (bicyclic) bond motifs is 1. The molecule has 3 heterocycles. The number of halogens is 1. The van der Waals surface area contributed by atoms with Crippen molar-refractivity contribution in [2.45, 2.75) is 19.1 Å². The van der Waals surface area contributed by atoms with Crippen LogP contribution in [0.4, 0.5) is 0 Å². The maximum absolute atomic E-state index is 12.6. The van der Waals surface area contributed by atoms with Crippen LogP contribution in [0.3, 0.4) is 0 Å². The van der Waals surface area contributed by atoms with Gasteiger partial charge in [-0.15, -0.1) is 5.10 Å². The molecule has 0 radical (unpaired) electrons. The molecule has 1 atom stereocenters. The summed E-state index contributed by atoms with van der Waals surface area (Å²) >= 11 is 5.93. The van der Waals surface area contributed by atoms with Crippen molar-refractivity contribution in [2.75, 3.05) is 7.11 Å². The zero-order valence-corrected chi connectivity index (χ0v) is 15.9. The second-order valence-electron chi connectivity index (χ2n) is 6.15. The van der Waals surface area contributed by atoms with Crippen LogP contribution in [0.5, 0.6) is 0 Å². The molecule has 4 aromatic rings. The Labute approximate surface area is 163 Å². The van der Waals surface area contributed by atoms with Crippen LogP contribution < -0.4 is 5.56 Å². The van der Waals surface area contributed by atoms with Crippen LogP contribution in [0, 0.1) is 0 Å². The number of rotatable bonds is 6. The Balaban J connectivity index is 1.53. The standard InChI is InChI=1S/C17H16ClN7O3/c1-24-15-16(21-23-24)19-9-25(17(15)26)8-14-20-13(22-28-14)7-12(27-2)10-3-5-11(18)6-4-10/h3-6,9,12H,7-8H2,1-2H3. The zero-order valence-electron chi connectivity index (χ0n) is 15.1. The van der Waals surface area contributed by atoms with Crippen LogP contribution in [-0.4, -0.2) is 41.8 Å². The lowest BCUT2D eigenvalue weighted by Gasteiger charge is -2.13. The molecule has 0 aliphatic heterocycles. The van der Waals surface area contributed by atoms with Gasteiger partial charge in [-0.3, -0.25) is 9.36 Å². The summed E-state index contributed by atoms with van der Waals surface area (Å²) in [4.78, 5) is 21.0. The Morgan fingerprint density at radius 2 is 2.07 bits per heavy atom. The van der Waals surface area contributed by atoms with Crippen LogP contribution in [0.15, 0.2) is 39.9 Å². The van der Waals surface area contributed by atoms with E-state index < -0.39 is 0 Å². The summed E-state index contributed by atoms with van der Waals surface area (Å²) in [7, 11) is 3.25. The van der Waals surface area contributed by atoms with Gasteiger partial charge in [-0.2, -0.15) is 4.98 Å². The van der Waals surface area contributed by atoms with E-state index >= 15 is 0 Å². The molecule has 0 saturated carbocycles. The minimum Gasteiger partial charge on any atom is -0.376 e. The van der Waals surface area contributed by atoms with Crippen LogP contribution in [0.1, 0.15) is 23.4 Å². The zero-order chi connectivity index (χ0) is 19.7. The molecule has 0 bridgehead atoms. The van der Waals surface area contributed by atoms with Gasteiger partial charge in [0.05, 0.1) is 6.10 Å². The van der Waals surface area contributed by atoms with Crippen molar-refractivity contribution in [3.05, 3.63) is 63.2 Å². The van der Waals surface area contributed by atoms with Gasteiger partial charge in [0.1, 0.15) is 12.9 Å². The molecule has 0 N–H and O–H groups in total. The number of ether oxygens (including phenoxy) is 1. The van der Waals surface area contributed by atoms with Crippen molar-refractivity contribution >= 4 is 22.8 Å². The molecule has 4 rings (SSSR count). The highest BCUT2D eigenvalue weighted by Crippen LogP contribution is 2.22. The van der Waals surface area contributed by atoms with Gasteiger partial charge in [0.25, 0.3) is 5.56 Å². The first-order valence-corrected chi connectivity index (χ1v) is 8.77. The van der Waals surface area contributed by atoms with E-state index in [0.29, 0.717) is 34.3 Å². The lowest BCUT2D eigenvalue weighted by Crippen LogP contribution is -2.22. The number of hydrogen-bond acceptors (Lipinski definition) is 8. The molecule has 10 nitrogen and oxygen atoms in total. The van der Waals surface area contributed by atoms with E-state index in [0.717, 1.165) is 5.56 Å². The van der Waals surface area contributed by atoms with Gasteiger partial charge in [-0.1, -0.05) is 34.1 Å². The quantitative estimate of drug-likeness (QED) is 0.478. The third-order valence-corrected chi connectivity index (χ3v) is 4.55. The summed E-state index contributed by atoms with van der Waals surface area (Å²) in [5.41, 5.74) is 1.27. The van der Waals surface area contributed by atoms with Crippen molar-refractivity contribution in [1.82, 2.24) is 34.7 Å². The second kappa shape index (κ2) is 7.49. The van der Waals surface area contributed by atoms with Crippen LogP contribution >= 0.6 is 11.6 Å². The summed E-state index contributed by atoms with van der Waals surface area (Å²) < 4.78 is 13.6. The molecule has 3 aromatic heterocycles. The molecule has 0 aliphatic rings. The first kappa shape index (κ1) is 18.3. The number of benzene rings is 1. The van der Waals surface area contributed by atoms with Crippen molar-refractivity contribution in [3.8, 4) is 0 Å². The number of aryl methyl sites for hydroxylation is 1. The summed E-state index contributed by atoms with van der Waals surface area (Å²) in [5, 5.41) is 12.3. The Morgan fingerprint density at radius 3 is 2.82 bits per heavy atom. The molecular formula is C17H16ClN7O3. The molecule has 11 heteroatoms. The highest BCUT2D eigenvalue weighted by Gasteiger charge is 2.17. The van der Waals surface area contributed by atoms with Crippen LogP contribution in [-0.2, 0) is 24.8 Å². The highest BCUT2D eigenvalue weighted by atomic mass is 35.5. The lowest BCUT2D eigenvalue weighted by atomic mass is 10.1. The van der Waals surface area contributed by atoms with Gasteiger partial charge >= 0.3 is 0 Å². The SMILES string of the molecule is COC(Cc1noc(Cn2cnc3nnn(C)c3c2=O)n1)c1ccc(Cl)cc1. The van der Waals surface area contributed by atoms with E-state index in [4.69, 9.17) is 20.9 Å². The molecule has 0 spiro atoms. The summed E-state index contributed by atoms with van der Waals surface area (Å²) in [6.07, 6.45) is 1.55. The summed E-state index contributed by atoms with van der Waals surface area (Å²) in [5.74, 6) is 0.764. The predicted molar refractivity (Wildman–Crippen MR) is 98.9 cm³/mol. The lowest BCUT2D eigenvalue weighted by molar-refractivity contribution is 0.101. The van der Waals surface area contributed by atoms with Crippen molar-refractivity contribution in [2.24, 2.45) is 7.05 Å². The number of hydrogen-bond donors (Lipinski definition) is 0. The normalized spacial score (nSPS) is 12.5. The van der Waals surface area contributed by atoms with E-state index in [9.17, 15) is 4.79 Å². The fourth-order valence-electron chi connectivity index (χ4n) is 2.86. The maximum Gasteiger partial charge on any atom is 0.281 e. The average molecular weight is 402 g/mol. The van der Waals surface area contributed by atoms with Gasteiger partial charge in [-0.25, -0.2) is 9.67 Å². The minimum absolute atomic E-state index is 0.0958. The van der Waals surface area contributed by atoms with Gasteiger partial charge in [0, 0.05) is 25.6 Å². The second-order valence-corrected chi connectivity index (χ2v) is 6.58. The largest absolute Gasteiger partial charge is 0.376 e. The first-order valence-electron chi connectivity index (χ1n) is 8.39.